The number of carbonyl (C=O) groups is 1. The Labute approximate surface area is 175 Å². The first-order valence-electron chi connectivity index (χ1n) is 9.81. The first kappa shape index (κ1) is 19.6. The van der Waals surface area contributed by atoms with E-state index in [4.69, 9.17) is 9.47 Å². The van der Waals surface area contributed by atoms with Gasteiger partial charge in [0, 0.05) is 30.7 Å². The number of amides is 1. The number of methoxy groups -OCH3 is 1. The van der Waals surface area contributed by atoms with Crippen LogP contribution < -0.4 is 14.8 Å². The van der Waals surface area contributed by atoms with E-state index in [1.165, 1.54) is 0 Å². The number of carbonyl (C=O) groups excluding carboxylic acids is 1. The second-order valence-corrected chi connectivity index (χ2v) is 7.11. The van der Waals surface area contributed by atoms with Gasteiger partial charge in [0.1, 0.15) is 6.61 Å². The number of hydrogen-bond donors (Lipinski definition) is 1. The molecule has 0 saturated heterocycles. The van der Waals surface area contributed by atoms with Crippen molar-refractivity contribution in [2.45, 2.75) is 13.2 Å². The number of aryl methyl sites for hydroxylation is 1. The SMILES string of the molecule is COc1cc(CNC(=O)c2cn(C)c3ccccc23)ccc1OCc1ccccc1. The minimum Gasteiger partial charge on any atom is -0.493 e. The summed E-state index contributed by atoms with van der Waals surface area (Å²) in [5, 5.41) is 3.94. The number of aromatic nitrogens is 1. The fraction of sp³-hybridized carbons (Fsp3) is 0.160. The van der Waals surface area contributed by atoms with Gasteiger partial charge in [0.05, 0.1) is 12.7 Å². The summed E-state index contributed by atoms with van der Waals surface area (Å²) in [6, 6.07) is 23.6. The summed E-state index contributed by atoms with van der Waals surface area (Å²) in [4.78, 5) is 12.7. The van der Waals surface area contributed by atoms with Crippen LogP contribution in [0.1, 0.15) is 21.5 Å². The molecule has 0 aliphatic rings. The molecule has 0 aliphatic heterocycles. The minimum atomic E-state index is -0.102. The van der Waals surface area contributed by atoms with Gasteiger partial charge in [-0.1, -0.05) is 54.6 Å². The fourth-order valence-electron chi connectivity index (χ4n) is 3.48. The maximum absolute atomic E-state index is 12.7. The van der Waals surface area contributed by atoms with Gasteiger partial charge in [-0.3, -0.25) is 4.79 Å². The van der Waals surface area contributed by atoms with Crippen LogP contribution in [0.25, 0.3) is 10.9 Å². The van der Waals surface area contributed by atoms with Gasteiger partial charge in [-0.25, -0.2) is 0 Å². The highest BCUT2D eigenvalue weighted by Crippen LogP contribution is 2.29. The van der Waals surface area contributed by atoms with Crippen LogP contribution in [-0.4, -0.2) is 17.6 Å². The van der Waals surface area contributed by atoms with E-state index in [0.717, 1.165) is 22.0 Å². The summed E-state index contributed by atoms with van der Waals surface area (Å²) < 4.78 is 13.4. The number of hydrogen-bond acceptors (Lipinski definition) is 3. The molecule has 1 aromatic heterocycles. The van der Waals surface area contributed by atoms with Crippen molar-refractivity contribution in [3.8, 4) is 11.5 Å². The van der Waals surface area contributed by atoms with Gasteiger partial charge in [0.25, 0.3) is 5.91 Å². The first-order valence-corrected chi connectivity index (χ1v) is 9.81. The molecule has 4 rings (SSSR count). The van der Waals surface area contributed by atoms with Crippen molar-refractivity contribution in [3.05, 3.63) is 95.7 Å². The first-order chi connectivity index (χ1) is 14.7. The Balaban J connectivity index is 1.43. The van der Waals surface area contributed by atoms with Crippen LogP contribution in [0, 0.1) is 0 Å². The lowest BCUT2D eigenvalue weighted by molar-refractivity contribution is 0.0952. The number of fused-ring (bicyclic) bond motifs is 1. The molecule has 152 valence electrons. The number of nitrogens with one attached hydrogen (secondary N) is 1. The molecule has 0 radical (unpaired) electrons. The van der Waals surface area contributed by atoms with Gasteiger partial charge in [0.2, 0.25) is 0 Å². The van der Waals surface area contributed by atoms with E-state index >= 15 is 0 Å². The molecule has 5 heteroatoms. The van der Waals surface area contributed by atoms with Crippen molar-refractivity contribution in [3.63, 3.8) is 0 Å². The van der Waals surface area contributed by atoms with E-state index in [1.807, 2.05) is 90.6 Å². The Bertz CT molecular complexity index is 1170. The molecule has 0 bridgehead atoms. The molecule has 1 N–H and O–H groups in total. The number of ether oxygens (including phenoxy) is 2. The maximum atomic E-state index is 12.7. The van der Waals surface area contributed by atoms with E-state index in [1.54, 1.807) is 7.11 Å². The van der Waals surface area contributed by atoms with Gasteiger partial charge in [0.15, 0.2) is 11.5 Å². The Morgan fingerprint density at radius 1 is 0.933 bits per heavy atom. The summed E-state index contributed by atoms with van der Waals surface area (Å²) in [5.41, 5.74) is 3.73. The van der Waals surface area contributed by atoms with E-state index in [2.05, 4.69) is 5.32 Å². The largest absolute Gasteiger partial charge is 0.493 e. The highest BCUT2D eigenvalue weighted by molar-refractivity contribution is 6.06. The van der Waals surface area contributed by atoms with E-state index in [9.17, 15) is 4.79 Å². The van der Waals surface area contributed by atoms with E-state index in [0.29, 0.717) is 30.2 Å². The lowest BCUT2D eigenvalue weighted by Crippen LogP contribution is -2.22. The minimum absolute atomic E-state index is 0.102. The molecule has 5 nitrogen and oxygen atoms in total. The summed E-state index contributed by atoms with van der Waals surface area (Å²) in [6.07, 6.45) is 1.86. The van der Waals surface area contributed by atoms with Crippen LogP contribution in [0.15, 0.2) is 79.0 Å². The van der Waals surface area contributed by atoms with Crippen molar-refractivity contribution in [1.29, 1.82) is 0 Å². The smallest absolute Gasteiger partial charge is 0.253 e. The molecule has 0 spiro atoms. The van der Waals surface area contributed by atoms with Gasteiger partial charge >= 0.3 is 0 Å². The standard InChI is InChI=1S/C25H24N2O3/c1-27-16-21(20-10-6-7-11-22(20)27)25(28)26-15-19-12-13-23(24(14-19)29-2)30-17-18-8-4-3-5-9-18/h3-14,16H,15,17H2,1-2H3,(H,26,28). The molecule has 1 amide bonds. The van der Waals surface area contributed by atoms with Gasteiger partial charge in [-0.15, -0.1) is 0 Å². The average molecular weight is 400 g/mol. The Morgan fingerprint density at radius 3 is 2.50 bits per heavy atom. The van der Waals surface area contributed by atoms with Crippen LogP contribution in [0.2, 0.25) is 0 Å². The molecule has 0 aliphatic carbocycles. The predicted octanol–water partition coefficient (Wildman–Crippen LogP) is 4.70. The summed E-state index contributed by atoms with van der Waals surface area (Å²) >= 11 is 0. The lowest BCUT2D eigenvalue weighted by atomic mass is 10.1. The second kappa shape index (κ2) is 8.74. The molecular formula is C25H24N2O3. The second-order valence-electron chi connectivity index (χ2n) is 7.11. The third-order valence-corrected chi connectivity index (χ3v) is 5.06. The third kappa shape index (κ3) is 4.15. The van der Waals surface area contributed by atoms with Gasteiger partial charge in [-0.2, -0.15) is 0 Å². The topological polar surface area (TPSA) is 52.5 Å². The Kier molecular flexibility index (Phi) is 5.70. The maximum Gasteiger partial charge on any atom is 0.253 e. The Hall–Kier alpha value is -3.73. The molecule has 4 aromatic rings. The average Bonchev–Trinajstić information content (AvgIpc) is 3.14. The molecule has 30 heavy (non-hydrogen) atoms. The molecule has 0 saturated carbocycles. The summed E-state index contributed by atoms with van der Waals surface area (Å²) in [6.45, 7) is 0.867. The van der Waals surface area contributed by atoms with Crippen molar-refractivity contribution in [1.82, 2.24) is 9.88 Å². The number of para-hydroxylation sites is 1. The fourth-order valence-corrected chi connectivity index (χ4v) is 3.48. The molecular weight excluding hydrogens is 376 g/mol. The van der Waals surface area contributed by atoms with Crippen molar-refractivity contribution >= 4 is 16.8 Å². The lowest BCUT2D eigenvalue weighted by Gasteiger charge is -2.13. The Morgan fingerprint density at radius 2 is 1.70 bits per heavy atom. The molecule has 0 fully saturated rings. The summed E-state index contributed by atoms with van der Waals surface area (Å²) in [5.74, 6) is 1.21. The van der Waals surface area contributed by atoms with Gasteiger partial charge < -0.3 is 19.4 Å². The highest BCUT2D eigenvalue weighted by atomic mass is 16.5. The van der Waals surface area contributed by atoms with Crippen LogP contribution >= 0.6 is 0 Å². The van der Waals surface area contributed by atoms with Crippen LogP contribution in [0.5, 0.6) is 11.5 Å². The number of rotatable bonds is 7. The van der Waals surface area contributed by atoms with E-state index in [-0.39, 0.29) is 5.91 Å². The van der Waals surface area contributed by atoms with Crippen molar-refractivity contribution < 1.29 is 14.3 Å². The number of nitrogens with zero attached hydrogens (tertiary/aromatic N) is 1. The molecule has 1 heterocycles. The quantitative estimate of drug-likeness (QED) is 0.489. The van der Waals surface area contributed by atoms with E-state index < -0.39 is 0 Å². The highest BCUT2D eigenvalue weighted by Gasteiger charge is 2.14. The molecule has 3 aromatic carbocycles. The normalized spacial score (nSPS) is 10.7. The zero-order valence-electron chi connectivity index (χ0n) is 17.1. The number of benzene rings is 3. The zero-order chi connectivity index (χ0) is 20.9. The molecule has 0 atom stereocenters. The molecule has 0 unspecified atom stereocenters. The van der Waals surface area contributed by atoms with Crippen LogP contribution in [-0.2, 0) is 20.2 Å². The monoisotopic (exact) mass is 400 g/mol. The predicted molar refractivity (Wildman–Crippen MR) is 118 cm³/mol. The van der Waals surface area contributed by atoms with Crippen LogP contribution in [0.4, 0.5) is 0 Å². The zero-order valence-corrected chi connectivity index (χ0v) is 17.1. The third-order valence-electron chi connectivity index (χ3n) is 5.06. The van der Waals surface area contributed by atoms with Crippen molar-refractivity contribution in [2.75, 3.05) is 7.11 Å². The summed E-state index contributed by atoms with van der Waals surface area (Å²) in [7, 11) is 3.56. The van der Waals surface area contributed by atoms with Gasteiger partial charge in [-0.05, 0) is 29.3 Å². The van der Waals surface area contributed by atoms with Crippen LogP contribution in [0.3, 0.4) is 0 Å². The van der Waals surface area contributed by atoms with Crippen molar-refractivity contribution in [2.24, 2.45) is 7.05 Å².